The van der Waals surface area contributed by atoms with Crippen molar-refractivity contribution in [3.05, 3.63) is 29.6 Å². The van der Waals surface area contributed by atoms with Crippen molar-refractivity contribution in [2.24, 2.45) is 5.73 Å². The number of amides is 1. The van der Waals surface area contributed by atoms with Gasteiger partial charge in [-0.2, -0.15) is 0 Å². The standard InChI is InChI=1S/C15H21FN2O2/c1-10(19)15-12(16)7-4-8-13(15)18(9-14(17)20)11-5-2-3-6-11/h4,7-8,10-11,19H,2-3,5-6,9H2,1H3,(H2,17,20). The first kappa shape index (κ1) is 14.8. The van der Waals surface area contributed by atoms with Gasteiger partial charge in [0.2, 0.25) is 5.91 Å². The summed E-state index contributed by atoms with van der Waals surface area (Å²) in [6.45, 7) is 1.58. The monoisotopic (exact) mass is 280 g/mol. The zero-order valence-electron chi connectivity index (χ0n) is 11.7. The van der Waals surface area contributed by atoms with Crippen LogP contribution in [0.1, 0.15) is 44.3 Å². The minimum atomic E-state index is -0.928. The minimum Gasteiger partial charge on any atom is -0.389 e. The summed E-state index contributed by atoms with van der Waals surface area (Å²) in [6.07, 6.45) is 3.19. The number of hydrogen-bond donors (Lipinski definition) is 2. The van der Waals surface area contributed by atoms with Crippen molar-refractivity contribution in [3.63, 3.8) is 0 Å². The Bertz CT molecular complexity index is 485. The van der Waals surface area contributed by atoms with E-state index in [0.29, 0.717) is 5.69 Å². The van der Waals surface area contributed by atoms with E-state index in [1.807, 2.05) is 4.90 Å². The molecule has 0 spiro atoms. The Labute approximate surface area is 118 Å². The van der Waals surface area contributed by atoms with E-state index in [1.165, 1.54) is 13.0 Å². The van der Waals surface area contributed by atoms with Crippen LogP contribution in [-0.2, 0) is 4.79 Å². The number of hydrogen-bond acceptors (Lipinski definition) is 3. The van der Waals surface area contributed by atoms with Gasteiger partial charge < -0.3 is 15.7 Å². The Morgan fingerprint density at radius 1 is 1.50 bits per heavy atom. The smallest absolute Gasteiger partial charge is 0.236 e. The number of anilines is 1. The summed E-state index contributed by atoms with van der Waals surface area (Å²) in [4.78, 5) is 13.2. The lowest BCUT2D eigenvalue weighted by Crippen LogP contribution is -2.41. The summed E-state index contributed by atoms with van der Waals surface area (Å²) >= 11 is 0. The molecule has 1 atom stereocenters. The number of nitrogens with two attached hydrogens (primary N) is 1. The van der Waals surface area contributed by atoms with E-state index in [0.717, 1.165) is 25.7 Å². The Kier molecular flexibility index (Phi) is 4.60. The third kappa shape index (κ3) is 3.10. The van der Waals surface area contributed by atoms with Gasteiger partial charge in [0.25, 0.3) is 0 Å². The highest BCUT2D eigenvalue weighted by Gasteiger charge is 2.27. The lowest BCUT2D eigenvalue weighted by atomic mass is 10.0. The van der Waals surface area contributed by atoms with Gasteiger partial charge in [-0.1, -0.05) is 18.9 Å². The predicted octanol–water partition coefficient (Wildman–Crippen LogP) is 2.11. The fourth-order valence-corrected chi connectivity index (χ4v) is 2.98. The molecule has 1 aliphatic rings. The van der Waals surface area contributed by atoms with E-state index in [9.17, 15) is 14.3 Å². The second kappa shape index (κ2) is 6.22. The van der Waals surface area contributed by atoms with Crippen LogP contribution in [0.5, 0.6) is 0 Å². The molecule has 1 aromatic rings. The fraction of sp³-hybridized carbons (Fsp3) is 0.533. The van der Waals surface area contributed by atoms with Gasteiger partial charge in [0.05, 0.1) is 12.6 Å². The van der Waals surface area contributed by atoms with Crippen LogP contribution in [-0.4, -0.2) is 23.6 Å². The van der Waals surface area contributed by atoms with Crippen molar-refractivity contribution in [3.8, 4) is 0 Å². The van der Waals surface area contributed by atoms with E-state index in [4.69, 9.17) is 5.73 Å². The van der Waals surface area contributed by atoms with Crippen LogP contribution < -0.4 is 10.6 Å². The van der Waals surface area contributed by atoms with Crippen LogP contribution in [0.3, 0.4) is 0 Å². The molecule has 110 valence electrons. The second-order valence-corrected chi connectivity index (χ2v) is 5.38. The fourth-order valence-electron chi connectivity index (χ4n) is 2.98. The highest BCUT2D eigenvalue weighted by atomic mass is 19.1. The maximum atomic E-state index is 14.0. The summed E-state index contributed by atoms with van der Waals surface area (Å²) in [7, 11) is 0. The normalized spacial score (nSPS) is 17.1. The summed E-state index contributed by atoms with van der Waals surface area (Å²) in [5.41, 5.74) is 6.14. The maximum Gasteiger partial charge on any atom is 0.236 e. The molecule has 1 unspecified atom stereocenters. The van der Waals surface area contributed by atoms with Crippen molar-refractivity contribution in [1.82, 2.24) is 0 Å². The van der Waals surface area contributed by atoms with Gasteiger partial charge >= 0.3 is 0 Å². The number of benzene rings is 1. The molecule has 1 fully saturated rings. The van der Waals surface area contributed by atoms with Crippen molar-refractivity contribution < 1.29 is 14.3 Å². The molecule has 0 bridgehead atoms. The number of aliphatic hydroxyl groups excluding tert-OH is 1. The summed E-state index contributed by atoms with van der Waals surface area (Å²) in [5, 5.41) is 9.83. The highest BCUT2D eigenvalue weighted by Crippen LogP contribution is 2.34. The van der Waals surface area contributed by atoms with E-state index < -0.39 is 17.8 Å². The zero-order valence-corrected chi connectivity index (χ0v) is 11.7. The van der Waals surface area contributed by atoms with Gasteiger partial charge in [-0.15, -0.1) is 0 Å². The topological polar surface area (TPSA) is 66.6 Å². The molecular weight excluding hydrogens is 259 g/mol. The van der Waals surface area contributed by atoms with Crippen molar-refractivity contribution in [1.29, 1.82) is 0 Å². The van der Waals surface area contributed by atoms with Gasteiger partial charge in [-0.05, 0) is 31.9 Å². The van der Waals surface area contributed by atoms with Crippen LogP contribution in [0.25, 0.3) is 0 Å². The predicted molar refractivity (Wildman–Crippen MR) is 75.8 cm³/mol. The van der Waals surface area contributed by atoms with Crippen LogP contribution in [0.15, 0.2) is 18.2 Å². The number of aliphatic hydroxyl groups is 1. The first-order valence-corrected chi connectivity index (χ1v) is 7.02. The van der Waals surface area contributed by atoms with E-state index in [-0.39, 0.29) is 18.2 Å². The average molecular weight is 280 g/mol. The molecule has 0 heterocycles. The van der Waals surface area contributed by atoms with Gasteiger partial charge in [0, 0.05) is 17.3 Å². The molecule has 5 heteroatoms. The largest absolute Gasteiger partial charge is 0.389 e. The third-order valence-electron chi connectivity index (χ3n) is 3.85. The van der Waals surface area contributed by atoms with Crippen LogP contribution in [0, 0.1) is 5.82 Å². The number of rotatable bonds is 5. The van der Waals surface area contributed by atoms with Gasteiger partial charge in [-0.3, -0.25) is 4.79 Å². The van der Waals surface area contributed by atoms with Crippen molar-refractivity contribution in [2.75, 3.05) is 11.4 Å². The number of carbonyl (C=O) groups is 1. The first-order chi connectivity index (χ1) is 9.50. The second-order valence-electron chi connectivity index (χ2n) is 5.38. The van der Waals surface area contributed by atoms with E-state index >= 15 is 0 Å². The first-order valence-electron chi connectivity index (χ1n) is 7.02. The number of halogens is 1. The third-order valence-corrected chi connectivity index (χ3v) is 3.85. The number of primary amides is 1. The Morgan fingerprint density at radius 2 is 2.15 bits per heavy atom. The molecule has 20 heavy (non-hydrogen) atoms. The molecule has 1 saturated carbocycles. The van der Waals surface area contributed by atoms with Crippen molar-refractivity contribution in [2.45, 2.75) is 44.8 Å². The van der Waals surface area contributed by atoms with Gasteiger partial charge in [0.1, 0.15) is 5.82 Å². The summed E-state index contributed by atoms with van der Waals surface area (Å²) in [5.74, 6) is -0.900. The molecule has 0 saturated heterocycles. The van der Waals surface area contributed by atoms with Gasteiger partial charge in [0.15, 0.2) is 0 Å². The average Bonchev–Trinajstić information content (AvgIpc) is 2.88. The minimum absolute atomic E-state index is 0.0494. The molecule has 0 radical (unpaired) electrons. The van der Waals surface area contributed by atoms with E-state index in [1.54, 1.807) is 12.1 Å². The lowest BCUT2D eigenvalue weighted by molar-refractivity contribution is -0.116. The molecule has 4 nitrogen and oxygen atoms in total. The van der Waals surface area contributed by atoms with Crippen LogP contribution in [0.2, 0.25) is 0 Å². The quantitative estimate of drug-likeness (QED) is 0.868. The molecule has 1 aliphatic carbocycles. The Morgan fingerprint density at radius 3 is 2.70 bits per heavy atom. The molecule has 1 aromatic carbocycles. The highest BCUT2D eigenvalue weighted by molar-refractivity contribution is 5.80. The zero-order chi connectivity index (χ0) is 14.7. The van der Waals surface area contributed by atoms with Gasteiger partial charge in [-0.25, -0.2) is 4.39 Å². The molecule has 3 N–H and O–H groups in total. The Hall–Kier alpha value is -1.62. The number of carbonyl (C=O) groups excluding carboxylic acids is 1. The molecular formula is C15H21FN2O2. The summed E-state index contributed by atoms with van der Waals surface area (Å²) < 4.78 is 14.0. The molecule has 0 aliphatic heterocycles. The SMILES string of the molecule is CC(O)c1c(F)cccc1N(CC(N)=O)C1CCCC1. The maximum absolute atomic E-state index is 14.0. The van der Waals surface area contributed by atoms with Crippen molar-refractivity contribution >= 4 is 11.6 Å². The van der Waals surface area contributed by atoms with E-state index in [2.05, 4.69) is 0 Å². The lowest BCUT2D eigenvalue weighted by Gasteiger charge is -2.32. The molecule has 1 amide bonds. The number of nitrogens with zero attached hydrogens (tertiary/aromatic N) is 1. The van der Waals surface area contributed by atoms with Crippen LogP contribution in [0.4, 0.5) is 10.1 Å². The molecule has 0 aromatic heterocycles. The van der Waals surface area contributed by atoms with Crippen LogP contribution >= 0.6 is 0 Å². The Balaban J connectivity index is 2.42. The summed E-state index contributed by atoms with van der Waals surface area (Å²) in [6, 6.07) is 4.84. The molecule has 2 rings (SSSR count).